The molecule has 0 saturated carbocycles. The molecule has 6 heteroatoms. The second-order valence-electron chi connectivity index (χ2n) is 3.24. The molecule has 0 amide bonds. The number of benzene rings is 1. The Kier molecular flexibility index (Phi) is 5.09. The van der Waals surface area contributed by atoms with E-state index in [-0.39, 0.29) is 12.4 Å². The zero-order valence-electron chi connectivity index (χ0n) is 8.84. The molecule has 0 spiro atoms. The van der Waals surface area contributed by atoms with Crippen LogP contribution in [0.2, 0.25) is 0 Å². The highest BCUT2D eigenvalue weighted by molar-refractivity contribution is 5.85. The minimum atomic E-state index is -4.35. The first-order chi connectivity index (χ1) is 6.86. The maximum atomic E-state index is 12.4. The highest BCUT2D eigenvalue weighted by Crippen LogP contribution is 2.34. The van der Waals surface area contributed by atoms with Gasteiger partial charge in [0, 0.05) is 11.6 Å². The molecular formula is C10H13ClF3NO. The number of ether oxygens (including phenoxy) is 1. The molecule has 0 heterocycles. The van der Waals surface area contributed by atoms with Crippen LogP contribution in [0.4, 0.5) is 13.2 Å². The molecule has 1 atom stereocenters. The molecule has 0 saturated heterocycles. The number of methoxy groups -OCH3 is 1. The molecule has 2 N–H and O–H groups in total. The lowest BCUT2D eigenvalue weighted by molar-refractivity contribution is -0.137. The van der Waals surface area contributed by atoms with Crippen LogP contribution in [0.1, 0.15) is 24.1 Å². The number of nitrogens with two attached hydrogens (primary N) is 1. The van der Waals surface area contributed by atoms with Gasteiger partial charge in [0.1, 0.15) is 5.75 Å². The molecule has 0 aliphatic carbocycles. The summed E-state index contributed by atoms with van der Waals surface area (Å²) in [4.78, 5) is 0. The summed E-state index contributed by atoms with van der Waals surface area (Å²) in [6.07, 6.45) is -4.35. The van der Waals surface area contributed by atoms with Crippen LogP contribution in [0.5, 0.6) is 5.75 Å². The fourth-order valence-electron chi connectivity index (χ4n) is 1.27. The standard InChI is InChI=1S/C10H12F3NO.ClH/c1-6(14)8-5-7(10(11,12)13)3-4-9(8)15-2;/h3-6H,14H2,1-2H3;1H. The van der Waals surface area contributed by atoms with E-state index in [1.165, 1.54) is 13.2 Å². The van der Waals surface area contributed by atoms with E-state index in [2.05, 4.69) is 0 Å². The average Bonchev–Trinajstić information content (AvgIpc) is 2.15. The summed E-state index contributed by atoms with van der Waals surface area (Å²) < 4.78 is 42.1. The van der Waals surface area contributed by atoms with E-state index in [9.17, 15) is 13.2 Å². The van der Waals surface area contributed by atoms with Gasteiger partial charge in [0.15, 0.2) is 0 Å². The number of rotatable bonds is 2. The molecule has 1 aromatic rings. The summed E-state index contributed by atoms with van der Waals surface area (Å²) in [6, 6.07) is 2.78. The van der Waals surface area contributed by atoms with Gasteiger partial charge in [-0.15, -0.1) is 12.4 Å². The van der Waals surface area contributed by atoms with Crippen LogP contribution in [-0.4, -0.2) is 7.11 Å². The second kappa shape index (κ2) is 5.41. The molecule has 16 heavy (non-hydrogen) atoms. The van der Waals surface area contributed by atoms with Crippen LogP contribution in [0.15, 0.2) is 18.2 Å². The first-order valence-corrected chi connectivity index (χ1v) is 4.37. The highest BCUT2D eigenvalue weighted by Gasteiger charge is 2.31. The van der Waals surface area contributed by atoms with Crippen LogP contribution in [0.3, 0.4) is 0 Å². The predicted molar refractivity (Wildman–Crippen MR) is 57.8 cm³/mol. The third-order valence-corrected chi connectivity index (χ3v) is 2.05. The molecule has 1 aromatic carbocycles. The third kappa shape index (κ3) is 3.28. The van der Waals surface area contributed by atoms with Gasteiger partial charge in [0.25, 0.3) is 0 Å². The van der Waals surface area contributed by atoms with Gasteiger partial charge in [-0.3, -0.25) is 0 Å². The first kappa shape index (κ1) is 15.1. The average molecular weight is 256 g/mol. The molecule has 1 rings (SSSR count). The maximum Gasteiger partial charge on any atom is 0.416 e. The zero-order valence-corrected chi connectivity index (χ0v) is 9.65. The molecule has 0 fully saturated rings. The third-order valence-electron chi connectivity index (χ3n) is 2.05. The SMILES string of the molecule is COc1ccc(C(F)(F)F)cc1C(C)N.Cl. The molecule has 0 aliphatic rings. The fraction of sp³-hybridized carbons (Fsp3) is 0.400. The molecule has 0 aliphatic heterocycles. The Labute approximate surface area is 98.0 Å². The van der Waals surface area contributed by atoms with Crippen LogP contribution in [0.25, 0.3) is 0 Å². The van der Waals surface area contributed by atoms with Gasteiger partial charge in [-0.25, -0.2) is 0 Å². The molecule has 0 bridgehead atoms. The maximum absolute atomic E-state index is 12.4. The van der Waals surface area contributed by atoms with Crippen molar-refractivity contribution in [2.24, 2.45) is 5.73 Å². The van der Waals surface area contributed by atoms with E-state index >= 15 is 0 Å². The van der Waals surface area contributed by atoms with Gasteiger partial charge in [-0.1, -0.05) is 0 Å². The van der Waals surface area contributed by atoms with Gasteiger partial charge in [0.2, 0.25) is 0 Å². The summed E-state index contributed by atoms with van der Waals surface area (Å²) in [5, 5.41) is 0. The Morgan fingerprint density at radius 2 is 1.88 bits per heavy atom. The van der Waals surface area contributed by atoms with Crippen LogP contribution in [-0.2, 0) is 6.18 Å². The molecule has 92 valence electrons. The summed E-state index contributed by atoms with van der Waals surface area (Å²) in [5.74, 6) is 0.373. The van der Waals surface area contributed by atoms with Crippen molar-refractivity contribution in [1.29, 1.82) is 0 Å². The fourth-order valence-corrected chi connectivity index (χ4v) is 1.27. The van der Waals surface area contributed by atoms with Crippen molar-refractivity contribution in [3.63, 3.8) is 0 Å². The van der Waals surface area contributed by atoms with E-state index in [0.29, 0.717) is 11.3 Å². The van der Waals surface area contributed by atoms with Crippen molar-refractivity contribution < 1.29 is 17.9 Å². The second-order valence-corrected chi connectivity index (χ2v) is 3.24. The van der Waals surface area contributed by atoms with Crippen molar-refractivity contribution in [2.45, 2.75) is 19.1 Å². The molecule has 0 aromatic heterocycles. The normalized spacial score (nSPS) is 12.9. The predicted octanol–water partition coefficient (Wildman–Crippen LogP) is 3.16. The van der Waals surface area contributed by atoms with Crippen molar-refractivity contribution in [3.05, 3.63) is 29.3 Å². The largest absolute Gasteiger partial charge is 0.496 e. The lowest BCUT2D eigenvalue weighted by Gasteiger charge is -2.14. The topological polar surface area (TPSA) is 35.2 Å². The Balaban J connectivity index is 0.00000225. The molecule has 0 radical (unpaired) electrons. The van der Waals surface area contributed by atoms with Gasteiger partial charge in [-0.05, 0) is 25.1 Å². The van der Waals surface area contributed by atoms with Crippen molar-refractivity contribution in [1.82, 2.24) is 0 Å². The van der Waals surface area contributed by atoms with E-state index in [0.717, 1.165) is 12.1 Å². The number of alkyl halides is 3. The Morgan fingerprint density at radius 1 is 1.31 bits per heavy atom. The van der Waals surface area contributed by atoms with Crippen molar-refractivity contribution in [2.75, 3.05) is 7.11 Å². The number of hydrogen-bond acceptors (Lipinski definition) is 2. The molecule has 2 nitrogen and oxygen atoms in total. The van der Waals surface area contributed by atoms with Crippen molar-refractivity contribution >= 4 is 12.4 Å². The minimum absolute atomic E-state index is 0. The number of hydrogen-bond donors (Lipinski definition) is 1. The first-order valence-electron chi connectivity index (χ1n) is 4.37. The van der Waals surface area contributed by atoms with Gasteiger partial charge in [-0.2, -0.15) is 13.2 Å². The molecular weight excluding hydrogens is 243 g/mol. The number of halogens is 4. The Bertz CT molecular complexity index is 352. The van der Waals surface area contributed by atoms with Gasteiger partial charge >= 0.3 is 6.18 Å². The van der Waals surface area contributed by atoms with E-state index in [1.54, 1.807) is 6.92 Å². The van der Waals surface area contributed by atoms with Crippen LogP contribution in [0, 0.1) is 0 Å². The van der Waals surface area contributed by atoms with Crippen molar-refractivity contribution in [3.8, 4) is 5.75 Å². The van der Waals surface area contributed by atoms with Gasteiger partial charge in [0.05, 0.1) is 12.7 Å². The lowest BCUT2D eigenvalue weighted by atomic mass is 10.0. The van der Waals surface area contributed by atoms with Crippen LogP contribution >= 0.6 is 12.4 Å². The lowest BCUT2D eigenvalue weighted by Crippen LogP contribution is -2.11. The smallest absolute Gasteiger partial charge is 0.416 e. The highest BCUT2D eigenvalue weighted by atomic mass is 35.5. The summed E-state index contributed by atoms with van der Waals surface area (Å²) in [6.45, 7) is 1.61. The quantitative estimate of drug-likeness (QED) is 0.881. The zero-order chi connectivity index (χ0) is 11.6. The van der Waals surface area contributed by atoms with E-state index in [4.69, 9.17) is 10.5 Å². The Hall–Kier alpha value is -0.940. The monoisotopic (exact) mass is 255 g/mol. The molecule has 1 unspecified atom stereocenters. The van der Waals surface area contributed by atoms with Crippen LogP contribution < -0.4 is 10.5 Å². The Morgan fingerprint density at radius 3 is 2.25 bits per heavy atom. The summed E-state index contributed by atoms with van der Waals surface area (Å²) >= 11 is 0. The summed E-state index contributed by atoms with van der Waals surface area (Å²) in [7, 11) is 1.40. The van der Waals surface area contributed by atoms with Gasteiger partial charge < -0.3 is 10.5 Å². The summed E-state index contributed by atoms with van der Waals surface area (Å²) in [5.41, 5.74) is 5.20. The minimum Gasteiger partial charge on any atom is -0.496 e. The van der Waals surface area contributed by atoms with E-state index < -0.39 is 17.8 Å². The van der Waals surface area contributed by atoms with E-state index in [1.807, 2.05) is 0 Å².